The lowest BCUT2D eigenvalue weighted by atomic mass is 10.2. The number of carbonyl (C=O) groups excluding carboxylic acids is 1. The van der Waals surface area contributed by atoms with Gasteiger partial charge in [0.2, 0.25) is 0 Å². The highest BCUT2D eigenvalue weighted by Gasteiger charge is 2.13. The van der Waals surface area contributed by atoms with Gasteiger partial charge in [-0.15, -0.1) is 0 Å². The molecule has 0 saturated carbocycles. The maximum Gasteiger partial charge on any atom is 0.251 e. The fourth-order valence-electron chi connectivity index (χ4n) is 3.40. The topological polar surface area (TPSA) is 82.2 Å². The highest BCUT2D eigenvalue weighted by molar-refractivity contribution is 5.94. The molecule has 1 N–H and O–H groups in total. The number of hydrogen-bond donors (Lipinski definition) is 1. The van der Waals surface area contributed by atoms with Gasteiger partial charge in [-0.05, 0) is 51.0 Å². The minimum atomic E-state index is -0.122. The SMILES string of the molecule is Cc1noc(C)c1COc1ccc(C(=O)NCc2cn3c(n2)CCCC3)cc1. The Balaban J connectivity index is 1.31. The van der Waals surface area contributed by atoms with Crippen LogP contribution in [-0.2, 0) is 26.1 Å². The lowest BCUT2D eigenvalue weighted by Crippen LogP contribution is -2.22. The van der Waals surface area contributed by atoms with Gasteiger partial charge in [0, 0.05) is 24.7 Å². The van der Waals surface area contributed by atoms with Gasteiger partial charge in [0.05, 0.1) is 23.5 Å². The van der Waals surface area contributed by atoms with Crippen molar-refractivity contribution in [2.24, 2.45) is 0 Å². The second kappa shape index (κ2) is 7.88. The summed E-state index contributed by atoms with van der Waals surface area (Å²) in [5.41, 5.74) is 3.28. The first-order chi connectivity index (χ1) is 13.6. The Hall–Kier alpha value is -3.09. The highest BCUT2D eigenvalue weighted by atomic mass is 16.5. The maximum atomic E-state index is 12.4. The Bertz CT molecular complexity index is 929. The third-order valence-electron chi connectivity index (χ3n) is 5.07. The number of amides is 1. The van der Waals surface area contributed by atoms with Gasteiger partial charge in [-0.1, -0.05) is 5.16 Å². The summed E-state index contributed by atoms with van der Waals surface area (Å²) in [6, 6.07) is 7.11. The van der Waals surface area contributed by atoms with E-state index in [0.29, 0.717) is 24.5 Å². The van der Waals surface area contributed by atoms with Crippen LogP contribution in [0.4, 0.5) is 0 Å². The van der Waals surface area contributed by atoms with Crippen LogP contribution in [0.5, 0.6) is 5.75 Å². The molecule has 7 nitrogen and oxygen atoms in total. The summed E-state index contributed by atoms with van der Waals surface area (Å²) in [5.74, 6) is 2.45. The van der Waals surface area contributed by atoms with Crippen LogP contribution >= 0.6 is 0 Å². The van der Waals surface area contributed by atoms with E-state index in [1.54, 1.807) is 24.3 Å². The Morgan fingerprint density at radius 3 is 2.79 bits per heavy atom. The van der Waals surface area contributed by atoms with E-state index >= 15 is 0 Å². The second-order valence-corrected chi connectivity index (χ2v) is 7.10. The summed E-state index contributed by atoms with van der Waals surface area (Å²) in [4.78, 5) is 17.0. The zero-order valence-corrected chi connectivity index (χ0v) is 16.2. The molecule has 3 heterocycles. The minimum absolute atomic E-state index is 0.122. The van der Waals surface area contributed by atoms with Gasteiger partial charge in [-0.2, -0.15) is 0 Å². The Morgan fingerprint density at radius 1 is 1.25 bits per heavy atom. The highest BCUT2D eigenvalue weighted by Crippen LogP contribution is 2.18. The van der Waals surface area contributed by atoms with Crippen molar-refractivity contribution in [1.82, 2.24) is 20.0 Å². The maximum absolute atomic E-state index is 12.4. The number of imidazole rings is 1. The van der Waals surface area contributed by atoms with Gasteiger partial charge in [0.25, 0.3) is 5.91 Å². The van der Waals surface area contributed by atoms with Gasteiger partial charge in [0.1, 0.15) is 23.9 Å². The first-order valence-corrected chi connectivity index (χ1v) is 9.58. The van der Waals surface area contributed by atoms with Gasteiger partial charge in [0.15, 0.2) is 0 Å². The van der Waals surface area contributed by atoms with Crippen LogP contribution in [0.25, 0.3) is 0 Å². The van der Waals surface area contributed by atoms with E-state index in [4.69, 9.17) is 9.26 Å². The molecule has 0 bridgehead atoms. The van der Waals surface area contributed by atoms with E-state index in [2.05, 4.69) is 20.0 Å². The molecule has 0 saturated heterocycles. The largest absolute Gasteiger partial charge is 0.489 e. The van der Waals surface area contributed by atoms with E-state index in [1.807, 2.05) is 20.0 Å². The Morgan fingerprint density at radius 2 is 2.07 bits per heavy atom. The van der Waals surface area contributed by atoms with Crippen LogP contribution in [0.15, 0.2) is 35.0 Å². The smallest absolute Gasteiger partial charge is 0.251 e. The number of aryl methyl sites for hydroxylation is 4. The molecule has 0 unspecified atom stereocenters. The summed E-state index contributed by atoms with van der Waals surface area (Å²) < 4.78 is 13.1. The number of hydrogen-bond acceptors (Lipinski definition) is 5. The van der Waals surface area contributed by atoms with Crippen molar-refractivity contribution in [1.29, 1.82) is 0 Å². The molecule has 0 radical (unpaired) electrons. The molecule has 1 aliphatic heterocycles. The molecular formula is C21H24N4O3. The van der Waals surface area contributed by atoms with Gasteiger partial charge in [-0.25, -0.2) is 4.98 Å². The van der Waals surface area contributed by atoms with E-state index < -0.39 is 0 Å². The summed E-state index contributed by atoms with van der Waals surface area (Å²) in [5, 5.41) is 6.85. The number of carbonyl (C=O) groups is 1. The van der Waals surface area contributed by atoms with Crippen molar-refractivity contribution >= 4 is 5.91 Å². The van der Waals surface area contributed by atoms with Crippen LogP contribution in [-0.4, -0.2) is 20.6 Å². The standard InChI is InChI=1S/C21H24N4O3/c1-14-19(15(2)28-24-14)13-27-18-8-6-16(7-9-18)21(26)22-11-17-12-25-10-4-3-5-20(25)23-17/h6-9,12H,3-5,10-11,13H2,1-2H3,(H,22,26). The molecule has 1 aromatic carbocycles. The predicted molar refractivity (Wildman–Crippen MR) is 103 cm³/mol. The summed E-state index contributed by atoms with van der Waals surface area (Å²) in [6.07, 6.45) is 5.44. The Labute approximate surface area is 163 Å². The van der Waals surface area contributed by atoms with Crippen LogP contribution in [0.3, 0.4) is 0 Å². The van der Waals surface area contributed by atoms with Crippen molar-refractivity contribution in [3.05, 3.63) is 64.6 Å². The molecule has 0 fully saturated rings. The van der Waals surface area contributed by atoms with Crippen molar-refractivity contribution in [2.75, 3.05) is 0 Å². The zero-order chi connectivity index (χ0) is 19.5. The molecular weight excluding hydrogens is 356 g/mol. The molecule has 7 heteroatoms. The van der Waals surface area contributed by atoms with Gasteiger partial charge < -0.3 is 19.1 Å². The number of nitrogens with zero attached hydrogens (tertiary/aromatic N) is 3. The molecule has 3 aromatic rings. The van der Waals surface area contributed by atoms with Gasteiger partial charge >= 0.3 is 0 Å². The molecule has 4 rings (SSSR count). The third-order valence-corrected chi connectivity index (χ3v) is 5.07. The number of rotatable bonds is 6. The quantitative estimate of drug-likeness (QED) is 0.709. The van der Waals surface area contributed by atoms with Gasteiger partial charge in [-0.3, -0.25) is 4.79 Å². The normalized spacial score (nSPS) is 13.2. The fourth-order valence-corrected chi connectivity index (χ4v) is 3.40. The third kappa shape index (κ3) is 3.93. The number of aromatic nitrogens is 3. The summed E-state index contributed by atoms with van der Waals surface area (Å²) >= 11 is 0. The van der Waals surface area contributed by atoms with E-state index in [0.717, 1.165) is 41.5 Å². The van der Waals surface area contributed by atoms with E-state index in [1.165, 1.54) is 12.8 Å². The molecule has 28 heavy (non-hydrogen) atoms. The van der Waals surface area contributed by atoms with Crippen molar-refractivity contribution in [3.63, 3.8) is 0 Å². The summed E-state index contributed by atoms with van der Waals surface area (Å²) in [7, 11) is 0. The fraction of sp³-hybridized carbons (Fsp3) is 0.381. The number of benzene rings is 1. The predicted octanol–water partition coefficient (Wildman–Crippen LogP) is 3.33. The number of ether oxygens (including phenoxy) is 1. The van der Waals surface area contributed by atoms with Crippen molar-refractivity contribution in [2.45, 2.75) is 52.8 Å². The monoisotopic (exact) mass is 380 g/mol. The number of nitrogens with one attached hydrogen (secondary N) is 1. The lowest BCUT2D eigenvalue weighted by molar-refractivity contribution is 0.0950. The first-order valence-electron chi connectivity index (χ1n) is 9.58. The molecule has 146 valence electrons. The first kappa shape index (κ1) is 18.3. The van der Waals surface area contributed by atoms with Crippen molar-refractivity contribution < 1.29 is 14.1 Å². The molecule has 1 amide bonds. The van der Waals surface area contributed by atoms with Crippen LogP contribution in [0, 0.1) is 13.8 Å². The van der Waals surface area contributed by atoms with E-state index in [-0.39, 0.29) is 5.91 Å². The average molecular weight is 380 g/mol. The Kier molecular flexibility index (Phi) is 5.14. The molecule has 0 aliphatic carbocycles. The molecule has 1 aliphatic rings. The van der Waals surface area contributed by atoms with Crippen molar-refractivity contribution in [3.8, 4) is 5.75 Å². The van der Waals surface area contributed by atoms with Crippen LogP contribution < -0.4 is 10.1 Å². The van der Waals surface area contributed by atoms with E-state index in [9.17, 15) is 4.79 Å². The molecule has 0 spiro atoms. The van der Waals surface area contributed by atoms with Crippen LogP contribution in [0.2, 0.25) is 0 Å². The number of fused-ring (bicyclic) bond motifs is 1. The molecule has 2 aromatic heterocycles. The molecule has 0 atom stereocenters. The minimum Gasteiger partial charge on any atom is -0.489 e. The average Bonchev–Trinajstić information content (AvgIpc) is 3.27. The lowest BCUT2D eigenvalue weighted by Gasteiger charge is -2.11. The van der Waals surface area contributed by atoms with Crippen LogP contribution in [0.1, 0.15) is 51.7 Å². The second-order valence-electron chi connectivity index (χ2n) is 7.10. The zero-order valence-electron chi connectivity index (χ0n) is 16.2. The summed E-state index contributed by atoms with van der Waals surface area (Å²) in [6.45, 7) is 5.59.